The molecule has 2 N–H and O–H groups in total. The molecule has 34 heavy (non-hydrogen) atoms. The number of hydrazone groups is 1. The molecule has 2 aromatic heterocycles. The highest BCUT2D eigenvalue weighted by Gasteiger charge is 2.22. The van der Waals surface area contributed by atoms with Crippen molar-refractivity contribution < 1.29 is 9.60 Å². The number of piperidine rings is 1. The Morgan fingerprint density at radius 3 is 2.62 bits per heavy atom. The number of fused-ring (bicyclic) bond motifs is 1. The van der Waals surface area contributed by atoms with Gasteiger partial charge in [0.1, 0.15) is 11.5 Å². The van der Waals surface area contributed by atoms with Crippen LogP contribution in [-0.2, 0) is 13.1 Å². The second kappa shape index (κ2) is 10.2. The van der Waals surface area contributed by atoms with E-state index in [9.17, 15) is 4.39 Å². The summed E-state index contributed by atoms with van der Waals surface area (Å²) in [6, 6.07) is 19.5. The SMILES string of the molecule is ON/N=C\c1ccc(Cn2ccc3cc(C4CCN(Cc5ccccc5F)CC4)cnc32)cc1. The zero-order valence-corrected chi connectivity index (χ0v) is 18.9. The Hall–Kier alpha value is -3.55. The van der Waals surface area contributed by atoms with Gasteiger partial charge in [-0.15, -0.1) is 0 Å². The first-order valence-electron chi connectivity index (χ1n) is 11.6. The second-order valence-corrected chi connectivity index (χ2v) is 8.87. The Balaban J connectivity index is 1.22. The van der Waals surface area contributed by atoms with Gasteiger partial charge in [-0.2, -0.15) is 10.7 Å². The van der Waals surface area contributed by atoms with Crippen LogP contribution < -0.4 is 5.59 Å². The van der Waals surface area contributed by atoms with E-state index in [1.165, 1.54) is 17.2 Å². The van der Waals surface area contributed by atoms with E-state index in [1.807, 2.05) is 42.6 Å². The molecule has 1 saturated heterocycles. The standard InChI is InChI=1S/C27H28FN5O/c28-26-4-2-1-3-24(26)19-32-12-9-22(10-13-32)25-15-23-11-14-33(27(23)29-17-25)18-21-7-5-20(6-8-21)16-30-31-34/h1-8,11,14-17,22,31,34H,9-10,12-13,18-19H2/b30-16-. The number of pyridine rings is 1. The lowest BCUT2D eigenvalue weighted by atomic mass is 9.90. The monoisotopic (exact) mass is 457 g/mol. The number of benzene rings is 2. The summed E-state index contributed by atoms with van der Waals surface area (Å²) in [5.74, 6) is 0.368. The molecule has 0 amide bonds. The Kier molecular flexibility index (Phi) is 6.65. The average Bonchev–Trinajstić information content (AvgIpc) is 3.27. The lowest BCUT2D eigenvalue weighted by molar-refractivity contribution is 0.173. The quantitative estimate of drug-likeness (QED) is 0.306. The molecule has 0 saturated carbocycles. The van der Waals surface area contributed by atoms with Crippen molar-refractivity contribution in [3.05, 3.63) is 101 Å². The predicted molar refractivity (Wildman–Crippen MR) is 131 cm³/mol. The van der Waals surface area contributed by atoms with E-state index in [0.29, 0.717) is 12.5 Å². The first-order chi connectivity index (χ1) is 16.7. The predicted octanol–water partition coefficient (Wildman–Crippen LogP) is 4.92. The Bertz CT molecular complexity index is 1280. The largest absolute Gasteiger partial charge is 0.328 e. The molecular weight excluding hydrogens is 429 g/mol. The summed E-state index contributed by atoms with van der Waals surface area (Å²) in [6.45, 7) is 3.34. The van der Waals surface area contributed by atoms with E-state index in [2.05, 4.69) is 32.9 Å². The van der Waals surface area contributed by atoms with Crippen molar-refractivity contribution in [1.29, 1.82) is 0 Å². The summed E-state index contributed by atoms with van der Waals surface area (Å²) < 4.78 is 16.1. The summed E-state index contributed by atoms with van der Waals surface area (Å²) in [6.07, 6.45) is 7.79. The van der Waals surface area contributed by atoms with E-state index in [4.69, 9.17) is 10.2 Å². The van der Waals surface area contributed by atoms with E-state index < -0.39 is 0 Å². The number of likely N-dealkylation sites (tertiary alicyclic amines) is 1. The van der Waals surface area contributed by atoms with Gasteiger partial charge >= 0.3 is 0 Å². The molecule has 1 fully saturated rings. The van der Waals surface area contributed by atoms with Crippen molar-refractivity contribution in [2.75, 3.05) is 13.1 Å². The zero-order valence-electron chi connectivity index (χ0n) is 18.9. The van der Waals surface area contributed by atoms with Crippen molar-refractivity contribution in [2.45, 2.75) is 31.8 Å². The van der Waals surface area contributed by atoms with Gasteiger partial charge in [0.2, 0.25) is 0 Å². The van der Waals surface area contributed by atoms with Crippen molar-refractivity contribution in [2.24, 2.45) is 5.10 Å². The maximum atomic E-state index is 14.0. The van der Waals surface area contributed by atoms with E-state index in [1.54, 1.807) is 17.9 Å². The highest BCUT2D eigenvalue weighted by molar-refractivity contribution is 5.79. The third kappa shape index (κ3) is 5.00. The van der Waals surface area contributed by atoms with Crippen LogP contribution in [0.4, 0.5) is 4.39 Å². The molecule has 0 spiro atoms. The number of hydrogen-bond donors (Lipinski definition) is 2. The molecule has 0 bridgehead atoms. The second-order valence-electron chi connectivity index (χ2n) is 8.87. The molecule has 0 atom stereocenters. The van der Waals surface area contributed by atoms with Gasteiger partial charge in [0.25, 0.3) is 0 Å². The van der Waals surface area contributed by atoms with E-state index in [-0.39, 0.29) is 5.82 Å². The zero-order chi connectivity index (χ0) is 23.3. The third-order valence-electron chi connectivity index (χ3n) is 6.64. The van der Waals surface area contributed by atoms with Crippen molar-refractivity contribution in [1.82, 2.24) is 20.0 Å². The minimum absolute atomic E-state index is 0.118. The first-order valence-corrected chi connectivity index (χ1v) is 11.6. The molecule has 0 unspecified atom stereocenters. The highest BCUT2D eigenvalue weighted by Crippen LogP contribution is 2.30. The van der Waals surface area contributed by atoms with E-state index in [0.717, 1.165) is 54.6 Å². The molecule has 7 heteroatoms. The minimum Gasteiger partial charge on any atom is -0.328 e. The molecule has 2 aromatic carbocycles. The molecule has 6 nitrogen and oxygen atoms in total. The summed E-state index contributed by atoms with van der Waals surface area (Å²) in [4.78, 5) is 7.15. The Morgan fingerprint density at radius 2 is 1.85 bits per heavy atom. The molecule has 0 aliphatic carbocycles. The molecule has 0 radical (unpaired) electrons. The summed E-state index contributed by atoms with van der Waals surface area (Å²) in [7, 11) is 0. The van der Waals surface area contributed by atoms with Crippen LogP contribution in [0.1, 0.15) is 41.0 Å². The van der Waals surface area contributed by atoms with Crippen LogP contribution in [0.2, 0.25) is 0 Å². The van der Waals surface area contributed by atoms with Gasteiger partial charge in [-0.3, -0.25) is 10.1 Å². The number of halogens is 1. The topological polar surface area (TPSA) is 65.7 Å². The number of aromatic nitrogens is 2. The summed E-state index contributed by atoms with van der Waals surface area (Å²) >= 11 is 0. The highest BCUT2D eigenvalue weighted by atomic mass is 19.1. The third-order valence-corrected chi connectivity index (χ3v) is 6.64. The van der Waals surface area contributed by atoms with Crippen LogP contribution in [-0.4, -0.2) is 39.0 Å². The van der Waals surface area contributed by atoms with Crippen molar-refractivity contribution >= 4 is 17.2 Å². The van der Waals surface area contributed by atoms with Crippen LogP contribution in [0.5, 0.6) is 0 Å². The molecular formula is C27H28FN5O. The minimum atomic E-state index is -0.118. The number of nitrogens with one attached hydrogen (secondary N) is 1. The molecule has 174 valence electrons. The molecule has 1 aliphatic rings. The van der Waals surface area contributed by atoms with Crippen LogP contribution >= 0.6 is 0 Å². The fourth-order valence-corrected chi connectivity index (χ4v) is 4.75. The van der Waals surface area contributed by atoms with Gasteiger partial charge in [-0.1, -0.05) is 42.5 Å². The lowest BCUT2D eigenvalue weighted by Gasteiger charge is -2.32. The first kappa shape index (κ1) is 22.3. The maximum absolute atomic E-state index is 14.0. The normalized spacial score (nSPS) is 15.4. The van der Waals surface area contributed by atoms with Gasteiger partial charge in [-0.25, -0.2) is 9.37 Å². The van der Waals surface area contributed by atoms with Crippen LogP contribution in [0.3, 0.4) is 0 Å². The van der Waals surface area contributed by atoms with Crippen LogP contribution in [0.15, 0.2) is 78.2 Å². The summed E-state index contributed by atoms with van der Waals surface area (Å²) in [5, 5.41) is 13.3. The summed E-state index contributed by atoms with van der Waals surface area (Å²) in [5.41, 5.74) is 6.89. The Labute approximate surface area is 198 Å². The maximum Gasteiger partial charge on any atom is 0.140 e. The van der Waals surface area contributed by atoms with Gasteiger partial charge in [0.05, 0.1) is 6.21 Å². The van der Waals surface area contributed by atoms with Gasteiger partial charge in [-0.05, 0) is 66.7 Å². The van der Waals surface area contributed by atoms with Crippen molar-refractivity contribution in [3.8, 4) is 0 Å². The van der Waals surface area contributed by atoms with Gasteiger partial charge in [0.15, 0.2) is 0 Å². The Morgan fingerprint density at radius 1 is 1.06 bits per heavy atom. The molecule has 3 heterocycles. The lowest BCUT2D eigenvalue weighted by Crippen LogP contribution is -2.32. The molecule has 1 aliphatic heterocycles. The van der Waals surface area contributed by atoms with Gasteiger partial charge in [0, 0.05) is 36.4 Å². The fourth-order valence-electron chi connectivity index (χ4n) is 4.75. The van der Waals surface area contributed by atoms with Crippen LogP contribution in [0.25, 0.3) is 11.0 Å². The molecule has 5 rings (SSSR count). The van der Waals surface area contributed by atoms with Gasteiger partial charge < -0.3 is 4.57 Å². The number of rotatable bonds is 7. The smallest absolute Gasteiger partial charge is 0.140 e. The number of hydrogen-bond acceptors (Lipinski definition) is 5. The van der Waals surface area contributed by atoms with Crippen molar-refractivity contribution in [3.63, 3.8) is 0 Å². The average molecular weight is 458 g/mol. The molecule has 4 aromatic rings. The van der Waals surface area contributed by atoms with Crippen LogP contribution in [0, 0.1) is 5.82 Å². The van der Waals surface area contributed by atoms with E-state index >= 15 is 0 Å². The fraction of sp³-hybridized carbons (Fsp3) is 0.259. The number of nitrogens with zero attached hydrogens (tertiary/aromatic N) is 4.